The Hall–Kier alpha value is -1.75. The highest BCUT2D eigenvalue weighted by Gasteiger charge is 2.58. The zero-order valence-electron chi connectivity index (χ0n) is 7.84. The Bertz CT molecular complexity index is 431. The highest BCUT2D eigenvalue weighted by atomic mass is 16.4. The summed E-state index contributed by atoms with van der Waals surface area (Å²) >= 11 is 0. The Labute approximate surface area is 85.8 Å². The van der Waals surface area contributed by atoms with Crippen LogP contribution in [0.3, 0.4) is 0 Å². The summed E-state index contributed by atoms with van der Waals surface area (Å²) in [6, 6.07) is 4.24. The zero-order chi connectivity index (χ0) is 11.2. The summed E-state index contributed by atoms with van der Waals surface area (Å²) in [6.07, 6.45) is 0.354. The van der Waals surface area contributed by atoms with Gasteiger partial charge in [0.25, 0.3) is 0 Å². The van der Waals surface area contributed by atoms with Crippen molar-refractivity contribution in [2.24, 2.45) is 5.73 Å². The van der Waals surface area contributed by atoms with Crippen molar-refractivity contribution < 1.29 is 20.1 Å². The van der Waals surface area contributed by atoms with Gasteiger partial charge in [-0.05, 0) is 24.1 Å². The van der Waals surface area contributed by atoms with Crippen LogP contribution in [0.4, 0.5) is 0 Å². The van der Waals surface area contributed by atoms with Crippen molar-refractivity contribution in [2.75, 3.05) is 0 Å². The molecule has 0 aliphatic heterocycles. The van der Waals surface area contributed by atoms with Crippen LogP contribution in [-0.2, 0) is 4.79 Å². The number of carboxylic acids is 1. The third-order valence-electron chi connectivity index (χ3n) is 2.80. The summed E-state index contributed by atoms with van der Waals surface area (Å²) in [4.78, 5) is 10.8. The lowest BCUT2D eigenvalue weighted by Gasteiger charge is -2.06. The maximum Gasteiger partial charge on any atom is 0.324 e. The molecule has 0 aromatic heterocycles. The molecule has 1 unspecified atom stereocenters. The van der Waals surface area contributed by atoms with Crippen LogP contribution in [0.25, 0.3) is 0 Å². The molecule has 0 saturated heterocycles. The van der Waals surface area contributed by atoms with E-state index in [9.17, 15) is 9.90 Å². The summed E-state index contributed by atoms with van der Waals surface area (Å²) < 4.78 is 0. The second kappa shape index (κ2) is 2.87. The van der Waals surface area contributed by atoms with Gasteiger partial charge in [0, 0.05) is 5.92 Å². The fourth-order valence-electron chi connectivity index (χ4n) is 1.69. The molecule has 0 amide bonds. The average Bonchev–Trinajstić information content (AvgIpc) is 2.85. The minimum Gasteiger partial charge on any atom is -0.504 e. The lowest BCUT2D eigenvalue weighted by molar-refractivity contribution is -0.139. The van der Waals surface area contributed by atoms with Gasteiger partial charge in [-0.15, -0.1) is 0 Å². The van der Waals surface area contributed by atoms with Gasteiger partial charge in [-0.3, -0.25) is 4.79 Å². The van der Waals surface area contributed by atoms with Gasteiger partial charge in [-0.1, -0.05) is 6.07 Å². The number of aliphatic carboxylic acids is 1. The molecule has 1 saturated carbocycles. The number of hydrogen-bond acceptors (Lipinski definition) is 4. The van der Waals surface area contributed by atoms with E-state index in [1.807, 2.05) is 0 Å². The molecule has 0 radical (unpaired) electrons. The molecule has 5 heteroatoms. The van der Waals surface area contributed by atoms with Gasteiger partial charge in [0.15, 0.2) is 11.5 Å². The first-order chi connectivity index (χ1) is 6.95. The largest absolute Gasteiger partial charge is 0.504 e. The second-order valence-corrected chi connectivity index (χ2v) is 3.85. The highest BCUT2D eigenvalue weighted by molar-refractivity contribution is 5.85. The van der Waals surface area contributed by atoms with E-state index in [0.29, 0.717) is 12.0 Å². The average molecular weight is 209 g/mol. The minimum absolute atomic E-state index is 0.225. The Kier molecular flexibility index (Phi) is 1.87. The molecule has 2 rings (SSSR count). The van der Waals surface area contributed by atoms with Gasteiger partial charge in [0.1, 0.15) is 5.54 Å². The molecule has 1 aliphatic carbocycles. The number of hydrogen-bond donors (Lipinski definition) is 4. The lowest BCUT2D eigenvalue weighted by Crippen LogP contribution is -2.34. The third-order valence-corrected chi connectivity index (χ3v) is 2.80. The first kappa shape index (κ1) is 9.79. The fourth-order valence-corrected chi connectivity index (χ4v) is 1.69. The Balaban J connectivity index is 2.27. The number of benzene rings is 1. The van der Waals surface area contributed by atoms with Crippen LogP contribution in [0.2, 0.25) is 0 Å². The summed E-state index contributed by atoms with van der Waals surface area (Å²) in [6.45, 7) is 0. The van der Waals surface area contributed by atoms with Crippen LogP contribution in [0.1, 0.15) is 17.9 Å². The maximum absolute atomic E-state index is 10.8. The van der Waals surface area contributed by atoms with Gasteiger partial charge >= 0.3 is 5.97 Å². The van der Waals surface area contributed by atoms with E-state index in [-0.39, 0.29) is 17.4 Å². The van der Waals surface area contributed by atoms with Gasteiger partial charge in [0.05, 0.1) is 0 Å². The zero-order valence-corrected chi connectivity index (χ0v) is 7.84. The molecule has 5 nitrogen and oxygen atoms in total. The Morgan fingerprint density at radius 3 is 2.53 bits per heavy atom. The second-order valence-electron chi connectivity index (χ2n) is 3.85. The topological polar surface area (TPSA) is 104 Å². The van der Waals surface area contributed by atoms with Crippen molar-refractivity contribution in [1.82, 2.24) is 0 Å². The molecule has 2 atom stereocenters. The molecule has 5 N–H and O–H groups in total. The first-order valence-corrected chi connectivity index (χ1v) is 4.49. The summed E-state index contributed by atoms with van der Waals surface area (Å²) in [7, 11) is 0. The van der Waals surface area contributed by atoms with Gasteiger partial charge in [-0.25, -0.2) is 0 Å². The van der Waals surface area contributed by atoms with Crippen molar-refractivity contribution in [3.05, 3.63) is 23.8 Å². The Morgan fingerprint density at radius 1 is 1.40 bits per heavy atom. The number of aromatic hydroxyl groups is 2. The van der Waals surface area contributed by atoms with Crippen LogP contribution < -0.4 is 5.73 Å². The quantitative estimate of drug-likeness (QED) is 0.527. The molecule has 1 aliphatic rings. The van der Waals surface area contributed by atoms with Crippen LogP contribution >= 0.6 is 0 Å². The molecular weight excluding hydrogens is 198 g/mol. The van der Waals surface area contributed by atoms with E-state index in [1.54, 1.807) is 6.07 Å². The molecule has 15 heavy (non-hydrogen) atoms. The van der Waals surface area contributed by atoms with E-state index in [1.165, 1.54) is 12.1 Å². The lowest BCUT2D eigenvalue weighted by atomic mass is 10.1. The van der Waals surface area contributed by atoms with Crippen molar-refractivity contribution >= 4 is 5.97 Å². The smallest absolute Gasteiger partial charge is 0.324 e. The van der Waals surface area contributed by atoms with E-state index in [4.69, 9.17) is 15.9 Å². The third kappa shape index (κ3) is 1.41. The predicted molar refractivity (Wildman–Crippen MR) is 51.7 cm³/mol. The van der Waals surface area contributed by atoms with Crippen molar-refractivity contribution in [3.63, 3.8) is 0 Å². The number of nitrogens with two attached hydrogens (primary N) is 1. The SMILES string of the molecule is NC1(C(=O)O)C[C@H]1c1ccc(O)c(O)c1. The molecule has 0 spiro atoms. The molecule has 0 heterocycles. The predicted octanol–water partition coefficient (Wildman–Crippen LogP) is 0.367. The van der Waals surface area contributed by atoms with E-state index < -0.39 is 11.5 Å². The Morgan fingerprint density at radius 2 is 2.07 bits per heavy atom. The van der Waals surface area contributed by atoms with Crippen molar-refractivity contribution in [1.29, 1.82) is 0 Å². The van der Waals surface area contributed by atoms with Crippen molar-refractivity contribution in [3.8, 4) is 11.5 Å². The van der Waals surface area contributed by atoms with Crippen LogP contribution in [-0.4, -0.2) is 26.8 Å². The van der Waals surface area contributed by atoms with Crippen LogP contribution in [0.5, 0.6) is 11.5 Å². The van der Waals surface area contributed by atoms with Crippen LogP contribution in [0.15, 0.2) is 18.2 Å². The number of phenolic OH excluding ortho intramolecular Hbond substituents is 2. The summed E-state index contributed by atoms with van der Waals surface area (Å²) in [5.41, 5.74) is 5.03. The molecule has 0 bridgehead atoms. The monoisotopic (exact) mass is 209 g/mol. The van der Waals surface area contributed by atoms with Gasteiger partial charge < -0.3 is 21.1 Å². The number of carboxylic acid groups (broad SMARTS) is 1. The molecule has 1 aromatic rings. The maximum atomic E-state index is 10.8. The fraction of sp³-hybridized carbons (Fsp3) is 0.300. The highest BCUT2D eigenvalue weighted by Crippen LogP contribution is 2.50. The van der Waals surface area contributed by atoms with Crippen molar-refractivity contribution in [2.45, 2.75) is 17.9 Å². The van der Waals surface area contributed by atoms with Gasteiger partial charge in [-0.2, -0.15) is 0 Å². The minimum atomic E-state index is -1.22. The molecule has 1 aromatic carbocycles. The number of rotatable bonds is 2. The van der Waals surface area contributed by atoms with E-state index >= 15 is 0 Å². The summed E-state index contributed by atoms with van der Waals surface area (Å²) in [5, 5.41) is 27.2. The van der Waals surface area contributed by atoms with E-state index in [0.717, 1.165) is 0 Å². The van der Waals surface area contributed by atoms with Crippen LogP contribution in [0, 0.1) is 0 Å². The van der Waals surface area contributed by atoms with Gasteiger partial charge in [0.2, 0.25) is 0 Å². The molecular formula is C10H11NO4. The van der Waals surface area contributed by atoms with E-state index in [2.05, 4.69) is 0 Å². The first-order valence-electron chi connectivity index (χ1n) is 4.49. The number of phenols is 2. The number of carbonyl (C=O) groups is 1. The molecule has 1 fully saturated rings. The molecule has 80 valence electrons. The normalized spacial score (nSPS) is 28.7. The summed E-state index contributed by atoms with van der Waals surface area (Å²) in [5.74, 6) is -1.81. The standard InChI is InChI=1S/C10H11NO4/c11-10(9(14)15)4-6(10)5-1-2-7(12)8(13)3-5/h1-3,6,12-13H,4,11H2,(H,14,15)/t6-,10?/m0/s1.